The molecule has 0 atom stereocenters. The molecule has 0 saturated heterocycles. The molecule has 1 aromatic carbocycles. The zero-order valence-electron chi connectivity index (χ0n) is 9.44. The van der Waals surface area contributed by atoms with Gasteiger partial charge in [-0.2, -0.15) is 0 Å². The predicted octanol–water partition coefficient (Wildman–Crippen LogP) is 4.16. The van der Waals surface area contributed by atoms with Crippen LogP contribution in [0.15, 0.2) is 10.5 Å². The van der Waals surface area contributed by atoms with Gasteiger partial charge in [-0.25, -0.2) is 0 Å². The second-order valence-corrected chi connectivity index (χ2v) is 4.72. The monoisotopic (exact) mass is 256 g/mol. The van der Waals surface area contributed by atoms with Gasteiger partial charge in [0, 0.05) is 4.47 Å². The van der Waals surface area contributed by atoms with Gasteiger partial charge in [0.1, 0.15) is 5.75 Å². The number of hydrogen-bond donors (Lipinski definition) is 0. The standard InChI is InChI=1S/C12H17BrO/c1-7(2)14-11-6-8(3)12(13)10(5)9(11)4/h6-7H,1-5H3. The van der Waals surface area contributed by atoms with E-state index in [2.05, 4.69) is 42.8 Å². The van der Waals surface area contributed by atoms with Crippen LogP contribution in [0.1, 0.15) is 30.5 Å². The first-order chi connectivity index (χ1) is 6.43. The highest BCUT2D eigenvalue weighted by molar-refractivity contribution is 9.10. The Hall–Kier alpha value is -0.500. The maximum Gasteiger partial charge on any atom is 0.123 e. The van der Waals surface area contributed by atoms with Crippen molar-refractivity contribution in [3.63, 3.8) is 0 Å². The van der Waals surface area contributed by atoms with Crippen LogP contribution in [0.2, 0.25) is 0 Å². The Morgan fingerprint density at radius 2 is 1.71 bits per heavy atom. The van der Waals surface area contributed by atoms with Crippen LogP contribution >= 0.6 is 15.9 Å². The Bertz CT molecular complexity index is 343. The van der Waals surface area contributed by atoms with E-state index >= 15 is 0 Å². The molecule has 0 heterocycles. The third kappa shape index (κ3) is 2.30. The van der Waals surface area contributed by atoms with E-state index < -0.39 is 0 Å². The third-order valence-corrected chi connectivity index (χ3v) is 3.54. The minimum Gasteiger partial charge on any atom is -0.491 e. The molecule has 0 N–H and O–H groups in total. The second kappa shape index (κ2) is 4.35. The van der Waals surface area contributed by atoms with Crippen LogP contribution in [0, 0.1) is 20.8 Å². The van der Waals surface area contributed by atoms with Crippen molar-refractivity contribution >= 4 is 15.9 Å². The fourth-order valence-electron chi connectivity index (χ4n) is 1.39. The van der Waals surface area contributed by atoms with Gasteiger partial charge in [0.15, 0.2) is 0 Å². The lowest BCUT2D eigenvalue weighted by atomic mass is 10.1. The lowest BCUT2D eigenvalue weighted by Crippen LogP contribution is -2.07. The van der Waals surface area contributed by atoms with E-state index in [4.69, 9.17) is 4.74 Å². The summed E-state index contributed by atoms with van der Waals surface area (Å²) < 4.78 is 6.93. The van der Waals surface area contributed by atoms with Gasteiger partial charge < -0.3 is 4.74 Å². The molecule has 0 aliphatic carbocycles. The first-order valence-electron chi connectivity index (χ1n) is 4.86. The highest BCUT2D eigenvalue weighted by Gasteiger charge is 2.09. The van der Waals surface area contributed by atoms with E-state index in [1.54, 1.807) is 0 Å². The molecule has 0 radical (unpaired) electrons. The van der Waals surface area contributed by atoms with Crippen LogP contribution in [0.3, 0.4) is 0 Å². The molecule has 1 nitrogen and oxygen atoms in total. The van der Waals surface area contributed by atoms with Crippen LogP contribution in [0.25, 0.3) is 0 Å². The molecule has 1 aromatic rings. The van der Waals surface area contributed by atoms with Gasteiger partial charge >= 0.3 is 0 Å². The van der Waals surface area contributed by atoms with Gasteiger partial charge in [0.25, 0.3) is 0 Å². The van der Waals surface area contributed by atoms with Crippen LogP contribution in [-0.2, 0) is 0 Å². The highest BCUT2D eigenvalue weighted by Crippen LogP contribution is 2.31. The lowest BCUT2D eigenvalue weighted by Gasteiger charge is -2.16. The smallest absolute Gasteiger partial charge is 0.123 e. The molecule has 0 aliphatic rings. The van der Waals surface area contributed by atoms with Gasteiger partial charge in [-0.1, -0.05) is 15.9 Å². The molecule has 1 rings (SSSR count). The molecule has 0 fully saturated rings. The molecule has 78 valence electrons. The maximum atomic E-state index is 5.74. The summed E-state index contributed by atoms with van der Waals surface area (Å²) in [5.41, 5.74) is 3.71. The van der Waals surface area contributed by atoms with Crippen LogP contribution < -0.4 is 4.74 Å². The molecular weight excluding hydrogens is 240 g/mol. The number of aryl methyl sites for hydroxylation is 1. The summed E-state index contributed by atoms with van der Waals surface area (Å²) in [5, 5.41) is 0. The van der Waals surface area contributed by atoms with Gasteiger partial charge in [0.2, 0.25) is 0 Å². The summed E-state index contributed by atoms with van der Waals surface area (Å²) >= 11 is 3.57. The largest absolute Gasteiger partial charge is 0.491 e. The maximum absolute atomic E-state index is 5.74. The summed E-state index contributed by atoms with van der Waals surface area (Å²) in [5.74, 6) is 0.998. The molecule has 0 amide bonds. The second-order valence-electron chi connectivity index (χ2n) is 3.92. The fraction of sp³-hybridized carbons (Fsp3) is 0.500. The molecule has 0 aliphatic heterocycles. The zero-order valence-corrected chi connectivity index (χ0v) is 11.0. The van der Waals surface area contributed by atoms with Crippen molar-refractivity contribution in [2.45, 2.75) is 40.7 Å². The molecule has 0 bridgehead atoms. The summed E-state index contributed by atoms with van der Waals surface area (Å²) in [6.07, 6.45) is 0.230. The fourth-order valence-corrected chi connectivity index (χ4v) is 1.80. The molecule has 14 heavy (non-hydrogen) atoms. The van der Waals surface area contributed by atoms with Crippen molar-refractivity contribution in [3.05, 3.63) is 27.2 Å². The van der Waals surface area contributed by atoms with E-state index in [1.807, 2.05) is 13.8 Å². The number of rotatable bonds is 2. The Morgan fingerprint density at radius 1 is 1.14 bits per heavy atom. The number of benzene rings is 1. The van der Waals surface area contributed by atoms with E-state index in [9.17, 15) is 0 Å². The first kappa shape index (κ1) is 11.6. The van der Waals surface area contributed by atoms with E-state index in [-0.39, 0.29) is 6.10 Å². The Morgan fingerprint density at radius 3 is 2.21 bits per heavy atom. The summed E-state index contributed by atoms with van der Waals surface area (Å²) in [4.78, 5) is 0. The van der Waals surface area contributed by atoms with Crippen molar-refractivity contribution in [2.24, 2.45) is 0 Å². The Balaban J connectivity index is 3.19. The van der Waals surface area contributed by atoms with Crippen molar-refractivity contribution in [1.29, 1.82) is 0 Å². The van der Waals surface area contributed by atoms with Gasteiger partial charge in [0.05, 0.1) is 6.10 Å². The number of hydrogen-bond acceptors (Lipinski definition) is 1. The van der Waals surface area contributed by atoms with E-state index in [0.29, 0.717) is 0 Å². The first-order valence-corrected chi connectivity index (χ1v) is 5.65. The molecule has 0 unspecified atom stereocenters. The number of ether oxygens (including phenoxy) is 1. The van der Waals surface area contributed by atoms with Crippen LogP contribution in [-0.4, -0.2) is 6.10 Å². The molecule has 0 aromatic heterocycles. The van der Waals surface area contributed by atoms with Crippen molar-refractivity contribution < 1.29 is 4.74 Å². The average Bonchev–Trinajstić information content (AvgIpc) is 2.10. The Labute approximate surface area is 94.6 Å². The summed E-state index contributed by atoms with van der Waals surface area (Å²) in [6, 6.07) is 2.09. The quantitative estimate of drug-likeness (QED) is 0.772. The minimum atomic E-state index is 0.230. The normalized spacial score (nSPS) is 10.8. The highest BCUT2D eigenvalue weighted by atomic mass is 79.9. The van der Waals surface area contributed by atoms with Gasteiger partial charge in [-0.3, -0.25) is 0 Å². The van der Waals surface area contributed by atoms with Crippen LogP contribution in [0.5, 0.6) is 5.75 Å². The van der Waals surface area contributed by atoms with Crippen molar-refractivity contribution in [2.75, 3.05) is 0 Å². The van der Waals surface area contributed by atoms with Crippen LogP contribution in [0.4, 0.5) is 0 Å². The lowest BCUT2D eigenvalue weighted by molar-refractivity contribution is 0.240. The zero-order chi connectivity index (χ0) is 10.9. The van der Waals surface area contributed by atoms with E-state index in [1.165, 1.54) is 21.2 Å². The Kier molecular flexibility index (Phi) is 3.59. The van der Waals surface area contributed by atoms with Gasteiger partial charge in [-0.05, 0) is 57.4 Å². The SMILES string of the molecule is Cc1cc(OC(C)C)c(C)c(C)c1Br. The van der Waals surface area contributed by atoms with Crippen molar-refractivity contribution in [3.8, 4) is 5.75 Å². The molecule has 0 saturated carbocycles. The average molecular weight is 257 g/mol. The number of halogens is 1. The summed E-state index contributed by atoms with van der Waals surface area (Å²) in [6.45, 7) is 10.4. The third-order valence-electron chi connectivity index (χ3n) is 2.32. The summed E-state index contributed by atoms with van der Waals surface area (Å²) in [7, 11) is 0. The predicted molar refractivity (Wildman–Crippen MR) is 64.1 cm³/mol. The molecular formula is C12H17BrO. The van der Waals surface area contributed by atoms with Gasteiger partial charge in [-0.15, -0.1) is 0 Å². The molecule has 0 spiro atoms. The van der Waals surface area contributed by atoms with Crippen molar-refractivity contribution in [1.82, 2.24) is 0 Å². The minimum absolute atomic E-state index is 0.230. The topological polar surface area (TPSA) is 9.23 Å². The molecule has 2 heteroatoms. The van der Waals surface area contributed by atoms with E-state index in [0.717, 1.165) is 5.75 Å².